The van der Waals surface area contributed by atoms with Crippen molar-refractivity contribution in [2.24, 2.45) is 35.1 Å². The molecule has 522 valence electrons. The standard InChI is InChI=1S/C66H103N13O14S/c1-13-41(6)55(50(91-11)36-52(82)79-33-20-25-49(79)56(92-12)42(7)57(83)74-48(61-69-32-34-94-61)35-43-21-15-14-16-22-43)78(10)62(87)54(40(4)5)76-63(88)66(8,9)77-65(90)93-38-44-26-28-45(29-27-44)71-58(84)47(24-19-31-70-64(68)89)73-60(86)53(39(2)3)75-59(85)46(23-17-18-30-67)72-51(81)37-80/h14-16,21-22,26-29,32,34,39-42,46-50,53-56,80H,13,17-20,23-25,30-31,33,35-38,67H2,1-12H3,(H,71,84)(H,72,81)(H,73,86)(H,74,83)(H,75,85)(H,76,88)(H,77,90)(H3,68,70,89)/t41-,42+,46-,47-,48-,49-,50+,53-,54-,55-,56+/m0/s1. The van der Waals surface area contributed by atoms with Crippen LogP contribution in [0.5, 0.6) is 0 Å². The van der Waals surface area contributed by atoms with Crippen LogP contribution >= 0.6 is 11.3 Å². The number of methoxy groups -OCH3 is 2. The fourth-order valence-electron chi connectivity index (χ4n) is 11.4. The Morgan fingerprint density at radius 3 is 2.03 bits per heavy atom. The van der Waals surface area contributed by atoms with Gasteiger partial charge in [-0.25, -0.2) is 14.6 Å². The van der Waals surface area contributed by atoms with E-state index in [1.807, 2.05) is 56.5 Å². The molecular weight excluding hydrogens is 1230 g/mol. The summed E-state index contributed by atoms with van der Waals surface area (Å²) in [4.78, 5) is 143. The van der Waals surface area contributed by atoms with E-state index in [4.69, 9.17) is 25.7 Å². The number of aromatic nitrogens is 1. The lowest BCUT2D eigenvalue weighted by molar-refractivity contribution is -0.148. The van der Waals surface area contributed by atoms with Crippen LogP contribution in [-0.2, 0) is 65.6 Å². The third kappa shape index (κ3) is 24.2. The van der Waals surface area contributed by atoms with E-state index in [0.717, 1.165) is 10.6 Å². The van der Waals surface area contributed by atoms with E-state index in [1.165, 1.54) is 37.2 Å². The first kappa shape index (κ1) is 78.7. The highest BCUT2D eigenvalue weighted by atomic mass is 32.1. The molecule has 0 bridgehead atoms. The Morgan fingerprint density at radius 2 is 1.45 bits per heavy atom. The number of amides is 11. The molecule has 1 aromatic heterocycles. The summed E-state index contributed by atoms with van der Waals surface area (Å²) in [5.74, 6) is -6.06. The molecule has 1 saturated heterocycles. The van der Waals surface area contributed by atoms with Gasteiger partial charge in [0.1, 0.15) is 47.9 Å². The number of ether oxygens (including phenoxy) is 3. The first-order valence-corrected chi connectivity index (χ1v) is 33.2. The van der Waals surface area contributed by atoms with E-state index < -0.39 is 126 Å². The lowest BCUT2D eigenvalue weighted by atomic mass is 9.89. The smallest absolute Gasteiger partial charge is 0.408 e. The van der Waals surface area contributed by atoms with E-state index in [9.17, 15) is 53.1 Å². The van der Waals surface area contributed by atoms with Crippen molar-refractivity contribution in [1.82, 2.24) is 52.0 Å². The van der Waals surface area contributed by atoms with Crippen LogP contribution in [0.25, 0.3) is 0 Å². The third-order valence-electron chi connectivity index (χ3n) is 17.0. The molecule has 0 radical (unpaired) electrons. The third-order valence-corrected chi connectivity index (χ3v) is 17.9. The van der Waals surface area contributed by atoms with E-state index >= 15 is 0 Å². The normalized spacial score (nSPS) is 16.3. The molecule has 1 aliphatic rings. The zero-order valence-electron chi connectivity index (χ0n) is 56.6. The number of aliphatic hydroxyl groups is 1. The van der Waals surface area contributed by atoms with E-state index in [2.05, 4.69) is 47.5 Å². The monoisotopic (exact) mass is 1330 g/mol. The highest BCUT2D eigenvalue weighted by molar-refractivity contribution is 7.09. The number of hydrogen-bond donors (Lipinski definition) is 11. The molecule has 3 aromatic rings. The van der Waals surface area contributed by atoms with E-state index in [1.54, 1.807) is 77.2 Å². The molecule has 4 rings (SSSR count). The number of likely N-dealkylation sites (tertiary alicyclic amines) is 1. The Hall–Kier alpha value is -7.79. The molecule has 2 heterocycles. The number of carbonyl (C=O) groups is 10. The number of carbonyl (C=O) groups excluding carboxylic acids is 10. The molecule has 0 aliphatic carbocycles. The van der Waals surface area contributed by atoms with Crippen LogP contribution in [-0.4, -0.2) is 181 Å². The summed E-state index contributed by atoms with van der Waals surface area (Å²) in [5.41, 5.74) is 11.1. The minimum Gasteiger partial charge on any atom is -0.445 e. The van der Waals surface area contributed by atoms with Gasteiger partial charge in [0.25, 0.3) is 0 Å². The Bertz CT molecular complexity index is 2920. The SMILES string of the molecule is CC[C@H](C)[C@@H]([C@@H](CC(=O)N1CCC[C@H]1[C@H](OC)[C@@H](C)C(=O)N[C@@H](Cc1ccccc1)c1nccs1)OC)N(C)C(=O)[C@@H](NC(=O)C(C)(C)NC(=O)OCc1ccc(NC(=O)[C@H](CCCNC(N)=O)NC(=O)[C@@H](NC(=O)[C@H](CCCCN)NC(=O)CO)C(C)C)cc1)C(C)C. The van der Waals surface area contributed by atoms with Crippen molar-refractivity contribution < 1.29 is 67.3 Å². The number of hydrogen-bond acceptors (Lipinski definition) is 17. The lowest BCUT2D eigenvalue weighted by Crippen LogP contribution is -2.62. The molecule has 13 N–H and O–H groups in total. The highest BCUT2D eigenvalue weighted by Gasteiger charge is 2.44. The van der Waals surface area contributed by atoms with Gasteiger partial charge in [-0.3, -0.25) is 38.4 Å². The first-order valence-electron chi connectivity index (χ1n) is 32.4. The topological polar surface area (TPSA) is 386 Å². The number of alkyl carbamates (subject to hydrolysis) is 1. The minimum absolute atomic E-state index is 0.0396. The second kappa shape index (κ2) is 39.2. The Morgan fingerprint density at radius 1 is 0.787 bits per heavy atom. The summed E-state index contributed by atoms with van der Waals surface area (Å²) in [6.07, 6.45) is 3.25. The van der Waals surface area contributed by atoms with Crippen molar-refractivity contribution in [3.05, 3.63) is 82.3 Å². The number of anilines is 1. The van der Waals surface area contributed by atoms with Gasteiger partial charge in [-0.2, -0.15) is 0 Å². The van der Waals surface area contributed by atoms with Gasteiger partial charge in [0.15, 0.2) is 0 Å². The number of urea groups is 1. The molecule has 0 spiro atoms. The summed E-state index contributed by atoms with van der Waals surface area (Å²) < 4.78 is 17.7. The number of nitrogens with two attached hydrogens (primary N) is 2. The van der Waals surface area contributed by atoms with Gasteiger partial charge in [-0.1, -0.05) is 97.4 Å². The first-order chi connectivity index (χ1) is 44.6. The van der Waals surface area contributed by atoms with E-state index in [0.29, 0.717) is 62.9 Å². The molecule has 1 fully saturated rings. The molecule has 28 heteroatoms. The van der Waals surface area contributed by atoms with Gasteiger partial charge < -0.3 is 83.1 Å². The number of nitrogens with zero attached hydrogens (tertiary/aromatic N) is 3. The average molecular weight is 1330 g/mol. The quantitative estimate of drug-likeness (QED) is 0.0361. The largest absolute Gasteiger partial charge is 0.445 e. The lowest BCUT2D eigenvalue weighted by Gasteiger charge is -2.41. The van der Waals surface area contributed by atoms with Crippen LogP contribution in [0.3, 0.4) is 0 Å². The van der Waals surface area contributed by atoms with Gasteiger partial charge in [-0.05, 0) is 113 Å². The number of primary amides is 1. The van der Waals surface area contributed by atoms with Crippen LogP contribution in [0.4, 0.5) is 15.3 Å². The number of likely N-dealkylation sites (N-methyl/N-ethyl adjacent to an activating group) is 1. The summed E-state index contributed by atoms with van der Waals surface area (Å²) >= 11 is 1.47. The van der Waals surface area contributed by atoms with Crippen molar-refractivity contribution in [2.75, 3.05) is 52.8 Å². The molecule has 11 amide bonds. The molecule has 27 nitrogen and oxygen atoms in total. The maximum atomic E-state index is 14.7. The van der Waals surface area contributed by atoms with Gasteiger partial charge >= 0.3 is 12.1 Å². The predicted octanol–water partition coefficient (Wildman–Crippen LogP) is 3.93. The maximum absolute atomic E-state index is 14.7. The Balaban J connectivity index is 1.38. The van der Waals surface area contributed by atoms with Crippen LogP contribution < -0.4 is 54.0 Å². The summed E-state index contributed by atoms with van der Waals surface area (Å²) in [6.45, 7) is 15.4. The molecule has 0 saturated carbocycles. The second-order valence-corrected chi connectivity index (χ2v) is 26.1. The Kier molecular flexibility index (Phi) is 32.8. The van der Waals surface area contributed by atoms with Crippen LogP contribution in [0.15, 0.2) is 66.2 Å². The zero-order chi connectivity index (χ0) is 69.8. The van der Waals surface area contributed by atoms with Crippen LogP contribution in [0.2, 0.25) is 0 Å². The van der Waals surface area contributed by atoms with Crippen molar-refractivity contribution in [1.29, 1.82) is 0 Å². The maximum Gasteiger partial charge on any atom is 0.408 e. The van der Waals surface area contributed by atoms with Crippen molar-refractivity contribution in [3.8, 4) is 0 Å². The number of aliphatic hydroxyl groups excluding tert-OH is 1. The van der Waals surface area contributed by atoms with Gasteiger partial charge in [0, 0.05) is 51.6 Å². The highest BCUT2D eigenvalue weighted by Crippen LogP contribution is 2.31. The molecule has 2 aromatic carbocycles. The van der Waals surface area contributed by atoms with Crippen LogP contribution in [0.1, 0.15) is 142 Å². The Labute approximate surface area is 556 Å². The number of nitrogens with one attached hydrogen (secondary N) is 8. The fraction of sp³-hybridized carbons (Fsp3) is 0.621. The van der Waals surface area contributed by atoms with Crippen molar-refractivity contribution >= 4 is 76.4 Å². The molecular formula is C66H103N13O14S. The van der Waals surface area contributed by atoms with Gasteiger partial charge in [-0.15, -0.1) is 11.3 Å². The molecule has 11 atom stereocenters. The van der Waals surface area contributed by atoms with Crippen LogP contribution in [0, 0.1) is 23.7 Å². The summed E-state index contributed by atoms with van der Waals surface area (Å²) in [5, 5.41) is 33.7. The van der Waals surface area contributed by atoms with Gasteiger partial charge in [0.2, 0.25) is 47.3 Å². The minimum atomic E-state index is -1.60. The fourth-order valence-corrected chi connectivity index (χ4v) is 12.1. The molecule has 0 unspecified atom stereocenters. The second-order valence-electron chi connectivity index (χ2n) is 25.2. The predicted molar refractivity (Wildman–Crippen MR) is 356 cm³/mol. The number of unbranched alkanes of at least 4 members (excludes halogenated alkanes) is 1. The van der Waals surface area contributed by atoms with E-state index in [-0.39, 0.29) is 62.6 Å². The molecule has 1 aliphatic heterocycles. The molecule has 94 heavy (non-hydrogen) atoms. The van der Waals surface area contributed by atoms with Crippen molar-refractivity contribution in [3.63, 3.8) is 0 Å². The number of thiazole rings is 1. The zero-order valence-corrected chi connectivity index (χ0v) is 57.4. The summed E-state index contributed by atoms with van der Waals surface area (Å²) in [6, 6.07) is 9.45. The number of benzene rings is 2. The number of rotatable bonds is 39. The van der Waals surface area contributed by atoms with Crippen molar-refractivity contribution in [2.45, 2.75) is 193 Å². The summed E-state index contributed by atoms with van der Waals surface area (Å²) in [7, 11) is 4.68. The van der Waals surface area contributed by atoms with Gasteiger partial charge in [0.05, 0.1) is 42.7 Å². The average Bonchev–Trinajstić information content (AvgIpc) is 1.39.